The molecular weight excluding hydrogens is 593 g/mol. The van der Waals surface area contributed by atoms with Crippen molar-refractivity contribution >= 4 is 56.9 Å². The van der Waals surface area contributed by atoms with Crippen LogP contribution in [0.25, 0.3) is 0 Å². The highest BCUT2D eigenvalue weighted by Crippen LogP contribution is 2.52. The summed E-state index contributed by atoms with van der Waals surface area (Å²) in [7, 11) is 3.08. The van der Waals surface area contributed by atoms with Gasteiger partial charge in [-0.15, -0.1) is 21.5 Å². The number of nitrogens with one attached hydrogen (secondary N) is 1. The number of thioether (sulfide) groups is 1. The zero-order valence-corrected chi connectivity index (χ0v) is 26.3. The van der Waals surface area contributed by atoms with Gasteiger partial charge in [0.2, 0.25) is 11.0 Å². The normalized spacial score (nSPS) is 18.0. The molecule has 3 N–H and O–H groups in total. The number of aryl methyl sites for hydroxylation is 1. The number of nitriles is 1. The Balaban J connectivity index is 1.43. The Labute approximate surface area is 256 Å². The number of methoxy groups -OCH3 is 2. The summed E-state index contributed by atoms with van der Waals surface area (Å²) in [5, 5.41) is 24.2. The summed E-state index contributed by atoms with van der Waals surface area (Å²) in [6.07, 6.45) is 0.963. The van der Waals surface area contributed by atoms with Crippen molar-refractivity contribution in [2.45, 2.75) is 43.9 Å². The molecule has 1 aliphatic heterocycles. The van der Waals surface area contributed by atoms with Crippen molar-refractivity contribution in [3.05, 3.63) is 62.8 Å². The van der Waals surface area contributed by atoms with E-state index in [1.807, 2.05) is 18.4 Å². The first-order valence-corrected chi connectivity index (χ1v) is 15.7. The number of anilines is 2. The molecule has 1 unspecified atom stereocenters. The number of carbonyl (C=O) groups is 2. The lowest BCUT2D eigenvalue weighted by atomic mass is 9.69. The van der Waals surface area contributed by atoms with E-state index in [1.54, 1.807) is 30.2 Å². The molecule has 2 aliphatic rings. The number of benzene rings is 1. The minimum atomic E-state index is -0.510. The van der Waals surface area contributed by atoms with Crippen LogP contribution in [0.4, 0.5) is 10.8 Å². The highest BCUT2D eigenvalue weighted by molar-refractivity contribution is 8.01. The summed E-state index contributed by atoms with van der Waals surface area (Å²) < 4.78 is 11.1. The molecule has 0 saturated heterocycles. The molecule has 1 aromatic carbocycles. The van der Waals surface area contributed by atoms with Gasteiger partial charge in [-0.3, -0.25) is 14.5 Å². The topological polar surface area (TPSA) is 143 Å². The third kappa shape index (κ3) is 5.62. The van der Waals surface area contributed by atoms with Crippen LogP contribution >= 0.6 is 34.4 Å². The van der Waals surface area contributed by atoms with Gasteiger partial charge in [-0.1, -0.05) is 36.9 Å². The van der Waals surface area contributed by atoms with Crippen LogP contribution in [0.1, 0.15) is 43.0 Å². The number of hydrogen-bond acceptors (Lipinski definition) is 12. The maximum Gasteiger partial charge on any atom is 0.234 e. The van der Waals surface area contributed by atoms with E-state index >= 15 is 0 Å². The van der Waals surface area contributed by atoms with Gasteiger partial charge < -0.3 is 20.5 Å². The van der Waals surface area contributed by atoms with Crippen molar-refractivity contribution in [2.75, 3.05) is 30.2 Å². The second kappa shape index (κ2) is 11.8. The summed E-state index contributed by atoms with van der Waals surface area (Å²) >= 11 is 4.00. The number of rotatable bonds is 8. The lowest BCUT2D eigenvalue weighted by Gasteiger charge is -2.42. The Morgan fingerprint density at radius 1 is 1.26 bits per heavy atom. The second-order valence-corrected chi connectivity index (χ2v) is 13.8. The predicted octanol–water partition coefficient (Wildman–Crippen LogP) is 5.60. The van der Waals surface area contributed by atoms with E-state index in [0.29, 0.717) is 50.6 Å². The van der Waals surface area contributed by atoms with Gasteiger partial charge in [0.25, 0.3) is 0 Å². The maximum absolute atomic E-state index is 13.7. The monoisotopic (exact) mass is 622 g/mol. The zero-order chi connectivity index (χ0) is 30.2. The van der Waals surface area contributed by atoms with Crippen LogP contribution in [0.15, 0.2) is 56.6 Å². The molecule has 0 radical (unpaired) electrons. The maximum atomic E-state index is 13.7. The second-order valence-electron chi connectivity index (χ2n) is 10.7. The molecule has 3 heterocycles. The Hall–Kier alpha value is -3.86. The largest absolute Gasteiger partial charge is 0.497 e. The summed E-state index contributed by atoms with van der Waals surface area (Å²) in [5.41, 5.74) is 9.60. The molecule has 13 heteroatoms. The number of Topliss-reactive ketones (excluding diaryl/α,β-unsaturated/α-hetero) is 1. The van der Waals surface area contributed by atoms with Crippen LogP contribution < -0.4 is 25.4 Å². The van der Waals surface area contributed by atoms with Crippen molar-refractivity contribution < 1.29 is 19.1 Å². The van der Waals surface area contributed by atoms with E-state index in [2.05, 4.69) is 35.4 Å². The van der Waals surface area contributed by atoms with Gasteiger partial charge in [-0.05, 0) is 47.9 Å². The van der Waals surface area contributed by atoms with Crippen LogP contribution in [-0.4, -0.2) is 41.9 Å². The molecule has 1 atom stereocenters. The van der Waals surface area contributed by atoms with Crippen molar-refractivity contribution in [1.29, 1.82) is 5.26 Å². The number of amides is 1. The fourth-order valence-corrected chi connectivity index (χ4v) is 7.97. The molecule has 0 spiro atoms. The van der Waals surface area contributed by atoms with E-state index in [9.17, 15) is 14.9 Å². The van der Waals surface area contributed by atoms with Crippen LogP contribution in [0.3, 0.4) is 0 Å². The SMILES string of the molecule is COc1ccc(OC)c(NC(=O)CSc2nnc(N3C(N)=C(C#N)C(c4sccc4C)C4=C3CC(C)(C)CC4=O)s2)c1. The molecule has 1 amide bonds. The molecule has 42 heavy (non-hydrogen) atoms. The number of hydrogen-bond donors (Lipinski definition) is 2. The first-order chi connectivity index (χ1) is 20.1. The molecule has 1 aliphatic carbocycles. The quantitative estimate of drug-likeness (QED) is 0.305. The van der Waals surface area contributed by atoms with Gasteiger partial charge in [-0.2, -0.15) is 5.26 Å². The first-order valence-electron chi connectivity index (χ1n) is 13.0. The predicted molar refractivity (Wildman–Crippen MR) is 165 cm³/mol. The number of allylic oxidation sites excluding steroid dienone is 3. The minimum absolute atomic E-state index is 0.00746. The standard InChI is InChI=1S/C29H30N6O4S3/c1-15-8-9-40-25(15)23-17(13-30)26(31)35(19-11-29(2,3)12-20(36)24(19)23)27-33-34-28(42-27)41-14-22(37)32-18-10-16(38-4)6-7-21(18)39-5/h6-10,23H,11-12,14,31H2,1-5H3,(H,32,37). The number of aromatic nitrogens is 2. The van der Waals surface area contributed by atoms with Crippen molar-refractivity contribution in [3.8, 4) is 17.6 Å². The van der Waals surface area contributed by atoms with Gasteiger partial charge in [0.1, 0.15) is 17.3 Å². The highest BCUT2D eigenvalue weighted by Gasteiger charge is 2.46. The van der Waals surface area contributed by atoms with Gasteiger partial charge in [-0.25, -0.2) is 0 Å². The smallest absolute Gasteiger partial charge is 0.234 e. The van der Waals surface area contributed by atoms with E-state index in [1.165, 1.54) is 41.5 Å². The first kappa shape index (κ1) is 29.6. The average molecular weight is 623 g/mol. The molecule has 0 bridgehead atoms. The molecule has 218 valence electrons. The summed E-state index contributed by atoms with van der Waals surface area (Å²) in [4.78, 5) is 29.1. The van der Waals surface area contributed by atoms with Gasteiger partial charge in [0, 0.05) is 28.6 Å². The number of nitrogens with two attached hydrogens (primary N) is 1. The number of ether oxygens (including phenoxy) is 2. The third-order valence-electron chi connectivity index (χ3n) is 7.14. The van der Waals surface area contributed by atoms with Crippen molar-refractivity contribution in [2.24, 2.45) is 11.1 Å². The Morgan fingerprint density at radius 3 is 2.71 bits per heavy atom. The summed E-state index contributed by atoms with van der Waals surface area (Å²) in [5.74, 6) is 0.658. The molecule has 10 nitrogen and oxygen atoms in total. The van der Waals surface area contributed by atoms with Gasteiger partial charge >= 0.3 is 0 Å². The van der Waals surface area contributed by atoms with Crippen molar-refractivity contribution in [1.82, 2.24) is 10.2 Å². The molecule has 0 fully saturated rings. The number of ketones is 1. The fraction of sp³-hybridized carbons (Fsp3) is 0.345. The minimum Gasteiger partial charge on any atom is -0.497 e. The van der Waals surface area contributed by atoms with E-state index in [0.717, 1.165) is 16.1 Å². The van der Waals surface area contributed by atoms with Crippen LogP contribution in [0.5, 0.6) is 11.5 Å². The fourth-order valence-electron chi connectivity index (χ4n) is 5.25. The molecular formula is C29H30N6O4S3. The van der Waals surface area contributed by atoms with E-state index in [4.69, 9.17) is 15.2 Å². The summed E-state index contributed by atoms with van der Waals surface area (Å²) in [6, 6.07) is 9.43. The van der Waals surface area contributed by atoms with Gasteiger partial charge in [0.15, 0.2) is 10.1 Å². The molecule has 5 rings (SSSR count). The zero-order valence-electron chi connectivity index (χ0n) is 23.8. The Bertz CT molecular complexity index is 1670. The van der Waals surface area contributed by atoms with Crippen LogP contribution in [0, 0.1) is 23.7 Å². The van der Waals surface area contributed by atoms with Crippen LogP contribution in [-0.2, 0) is 9.59 Å². The molecule has 2 aromatic heterocycles. The number of nitrogens with zero attached hydrogens (tertiary/aromatic N) is 4. The lowest BCUT2D eigenvalue weighted by molar-refractivity contribution is -0.118. The molecule has 3 aromatic rings. The Morgan fingerprint density at radius 2 is 2.05 bits per heavy atom. The van der Waals surface area contributed by atoms with Crippen molar-refractivity contribution in [3.63, 3.8) is 0 Å². The van der Waals surface area contributed by atoms with E-state index in [-0.39, 0.29) is 28.7 Å². The summed E-state index contributed by atoms with van der Waals surface area (Å²) in [6.45, 7) is 6.08. The molecule has 0 saturated carbocycles. The van der Waals surface area contributed by atoms with Crippen LogP contribution in [0.2, 0.25) is 0 Å². The number of carbonyl (C=O) groups excluding carboxylic acids is 2. The third-order valence-corrected chi connectivity index (χ3v) is 10.3. The Kier molecular flexibility index (Phi) is 8.32. The van der Waals surface area contributed by atoms with Gasteiger partial charge in [0.05, 0.1) is 43.2 Å². The number of thiophene rings is 1. The highest BCUT2D eigenvalue weighted by atomic mass is 32.2. The average Bonchev–Trinajstić information content (AvgIpc) is 3.59. The van der Waals surface area contributed by atoms with E-state index < -0.39 is 5.92 Å². The lowest BCUT2D eigenvalue weighted by Crippen LogP contribution is -2.42.